The topological polar surface area (TPSA) is 55.3 Å². The van der Waals surface area contributed by atoms with E-state index in [9.17, 15) is 4.39 Å². The van der Waals surface area contributed by atoms with Crippen molar-refractivity contribution in [2.24, 2.45) is 4.99 Å². The predicted octanol–water partition coefficient (Wildman–Crippen LogP) is 3.10. The summed E-state index contributed by atoms with van der Waals surface area (Å²) in [5, 5.41) is 3.38. The van der Waals surface area contributed by atoms with Crippen molar-refractivity contribution in [2.75, 3.05) is 40.0 Å². The van der Waals surface area contributed by atoms with E-state index in [0.717, 1.165) is 63.4 Å². The number of nitrogens with zero attached hydrogens (tertiary/aromatic N) is 2. The van der Waals surface area contributed by atoms with Crippen LogP contribution in [0.15, 0.2) is 23.2 Å². The highest BCUT2D eigenvalue weighted by atomic mass is 19.1. The molecule has 1 N–H and O–H groups in total. The maximum Gasteiger partial charge on any atom is 0.194 e. The van der Waals surface area contributed by atoms with Gasteiger partial charge in [-0.25, -0.2) is 9.38 Å². The number of rotatable bonds is 8. The molecule has 0 saturated carbocycles. The van der Waals surface area contributed by atoms with Crippen molar-refractivity contribution in [3.05, 3.63) is 35.1 Å². The first kappa shape index (κ1) is 22.0. The third-order valence-electron chi connectivity index (χ3n) is 5.44. The van der Waals surface area contributed by atoms with Crippen LogP contribution in [0.25, 0.3) is 0 Å². The molecule has 0 spiro atoms. The SMILES string of the molecule is CCNC(=NCc1ccc(F)c(COC)c1)N1CCC(OCC2CCCO2)CC1. The quantitative estimate of drug-likeness (QED) is 0.530. The largest absolute Gasteiger partial charge is 0.380 e. The summed E-state index contributed by atoms with van der Waals surface area (Å²) in [5.74, 6) is 0.666. The third-order valence-corrected chi connectivity index (χ3v) is 5.44. The Morgan fingerprint density at radius 2 is 2.14 bits per heavy atom. The van der Waals surface area contributed by atoms with E-state index in [-0.39, 0.29) is 18.5 Å². The van der Waals surface area contributed by atoms with Gasteiger partial charge in [0.05, 0.1) is 32.0 Å². The summed E-state index contributed by atoms with van der Waals surface area (Å²) in [6, 6.07) is 5.10. The van der Waals surface area contributed by atoms with Crippen molar-refractivity contribution in [1.82, 2.24) is 10.2 Å². The van der Waals surface area contributed by atoms with Gasteiger partial charge in [-0.2, -0.15) is 0 Å². The molecule has 3 rings (SSSR count). The Bertz CT molecular complexity index is 657. The lowest BCUT2D eigenvalue weighted by molar-refractivity contribution is -0.0367. The second kappa shape index (κ2) is 11.5. The van der Waals surface area contributed by atoms with Crippen molar-refractivity contribution in [3.8, 4) is 0 Å². The lowest BCUT2D eigenvalue weighted by atomic mass is 10.1. The molecule has 0 aromatic heterocycles. The number of halogens is 1. The summed E-state index contributed by atoms with van der Waals surface area (Å²) in [6.45, 7) is 7.08. The molecule has 0 bridgehead atoms. The molecule has 2 saturated heterocycles. The van der Waals surface area contributed by atoms with Crippen molar-refractivity contribution in [1.29, 1.82) is 0 Å². The van der Waals surface area contributed by atoms with Crippen LogP contribution in [-0.2, 0) is 27.4 Å². The van der Waals surface area contributed by atoms with Gasteiger partial charge >= 0.3 is 0 Å². The number of methoxy groups -OCH3 is 1. The van der Waals surface area contributed by atoms with Gasteiger partial charge in [0.2, 0.25) is 0 Å². The van der Waals surface area contributed by atoms with E-state index in [2.05, 4.69) is 17.1 Å². The Balaban J connectivity index is 1.52. The average Bonchev–Trinajstić information content (AvgIpc) is 3.26. The summed E-state index contributed by atoms with van der Waals surface area (Å²) in [5.41, 5.74) is 1.54. The van der Waals surface area contributed by atoms with Crippen LogP contribution in [0.2, 0.25) is 0 Å². The van der Waals surface area contributed by atoms with E-state index in [1.807, 2.05) is 6.07 Å². The molecule has 1 aromatic rings. The van der Waals surface area contributed by atoms with Gasteiger partial charge in [-0.1, -0.05) is 6.07 Å². The molecule has 162 valence electrons. The highest BCUT2D eigenvalue weighted by Crippen LogP contribution is 2.18. The Kier molecular flexibility index (Phi) is 8.70. The van der Waals surface area contributed by atoms with Gasteiger partial charge in [0, 0.05) is 38.9 Å². The maximum atomic E-state index is 13.8. The lowest BCUT2D eigenvalue weighted by Gasteiger charge is -2.34. The monoisotopic (exact) mass is 407 g/mol. The molecule has 2 aliphatic heterocycles. The maximum absolute atomic E-state index is 13.8. The van der Waals surface area contributed by atoms with Crippen LogP contribution in [0.4, 0.5) is 4.39 Å². The van der Waals surface area contributed by atoms with Crippen molar-refractivity contribution < 1.29 is 18.6 Å². The van der Waals surface area contributed by atoms with Crippen LogP contribution in [0, 0.1) is 5.82 Å². The van der Waals surface area contributed by atoms with E-state index in [4.69, 9.17) is 19.2 Å². The van der Waals surface area contributed by atoms with E-state index in [1.54, 1.807) is 13.2 Å². The molecule has 0 radical (unpaired) electrons. The van der Waals surface area contributed by atoms with E-state index in [1.165, 1.54) is 6.07 Å². The summed E-state index contributed by atoms with van der Waals surface area (Å²) >= 11 is 0. The van der Waals surface area contributed by atoms with Crippen LogP contribution >= 0.6 is 0 Å². The van der Waals surface area contributed by atoms with Gasteiger partial charge < -0.3 is 24.4 Å². The van der Waals surface area contributed by atoms with E-state index in [0.29, 0.717) is 24.8 Å². The second-order valence-corrected chi connectivity index (χ2v) is 7.68. The van der Waals surface area contributed by atoms with Gasteiger partial charge in [-0.3, -0.25) is 0 Å². The molecule has 7 heteroatoms. The number of piperidine rings is 1. The molecule has 0 amide bonds. The summed E-state index contributed by atoms with van der Waals surface area (Å²) in [6.07, 6.45) is 4.83. The first-order valence-electron chi connectivity index (χ1n) is 10.7. The summed E-state index contributed by atoms with van der Waals surface area (Å²) in [7, 11) is 1.57. The minimum Gasteiger partial charge on any atom is -0.380 e. The van der Waals surface area contributed by atoms with Crippen LogP contribution < -0.4 is 5.32 Å². The zero-order chi connectivity index (χ0) is 20.5. The van der Waals surface area contributed by atoms with Gasteiger partial charge in [-0.05, 0) is 50.3 Å². The Morgan fingerprint density at radius 3 is 2.83 bits per heavy atom. The first-order chi connectivity index (χ1) is 14.2. The normalized spacial score (nSPS) is 21.0. The highest BCUT2D eigenvalue weighted by Gasteiger charge is 2.24. The Labute approximate surface area is 173 Å². The fraction of sp³-hybridized carbons (Fsp3) is 0.682. The average molecular weight is 408 g/mol. The number of hydrogen-bond donors (Lipinski definition) is 1. The van der Waals surface area contributed by atoms with Crippen LogP contribution in [-0.4, -0.2) is 63.0 Å². The highest BCUT2D eigenvalue weighted by molar-refractivity contribution is 5.80. The third kappa shape index (κ3) is 6.66. The molecule has 1 unspecified atom stereocenters. The number of nitrogens with one attached hydrogen (secondary N) is 1. The lowest BCUT2D eigenvalue weighted by Crippen LogP contribution is -2.47. The molecule has 29 heavy (non-hydrogen) atoms. The molecule has 2 fully saturated rings. The predicted molar refractivity (Wildman–Crippen MR) is 111 cm³/mol. The van der Waals surface area contributed by atoms with Crippen molar-refractivity contribution in [3.63, 3.8) is 0 Å². The molecule has 0 aliphatic carbocycles. The molecular formula is C22H34FN3O3. The molecule has 2 heterocycles. The van der Waals surface area contributed by atoms with Gasteiger partial charge in [0.1, 0.15) is 5.82 Å². The number of benzene rings is 1. The van der Waals surface area contributed by atoms with Crippen LogP contribution in [0.3, 0.4) is 0 Å². The van der Waals surface area contributed by atoms with Gasteiger partial charge in [0.15, 0.2) is 5.96 Å². The zero-order valence-corrected chi connectivity index (χ0v) is 17.7. The summed E-state index contributed by atoms with van der Waals surface area (Å²) in [4.78, 5) is 7.07. The molecule has 1 aromatic carbocycles. The number of hydrogen-bond acceptors (Lipinski definition) is 4. The number of aliphatic imine (C=N–C) groups is 1. The van der Waals surface area contributed by atoms with Crippen molar-refractivity contribution >= 4 is 5.96 Å². The molecular weight excluding hydrogens is 373 g/mol. The zero-order valence-electron chi connectivity index (χ0n) is 17.7. The fourth-order valence-electron chi connectivity index (χ4n) is 3.84. The van der Waals surface area contributed by atoms with Gasteiger partial charge in [0.25, 0.3) is 0 Å². The minimum absolute atomic E-state index is 0.239. The summed E-state index contributed by atoms with van der Waals surface area (Å²) < 4.78 is 30.6. The first-order valence-corrected chi connectivity index (χ1v) is 10.7. The molecule has 2 aliphatic rings. The minimum atomic E-state index is -0.239. The van der Waals surface area contributed by atoms with Crippen LogP contribution in [0.1, 0.15) is 43.7 Å². The van der Waals surface area contributed by atoms with Gasteiger partial charge in [-0.15, -0.1) is 0 Å². The number of ether oxygens (including phenoxy) is 3. The smallest absolute Gasteiger partial charge is 0.194 e. The number of guanidine groups is 1. The molecule has 6 nitrogen and oxygen atoms in total. The fourth-order valence-corrected chi connectivity index (χ4v) is 3.84. The Hall–Kier alpha value is -1.70. The molecule has 1 atom stereocenters. The van der Waals surface area contributed by atoms with Crippen molar-refractivity contribution in [2.45, 2.75) is 58.0 Å². The second-order valence-electron chi connectivity index (χ2n) is 7.68. The standard InChI is InChI=1S/C22H34FN3O3/c1-3-24-22(25-14-17-6-7-21(23)18(13-17)15-27-2)26-10-8-19(9-11-26)29-16-20-5-4-12-28-20/h6-7,13,19-20H,3-5,8-12,14-16H2,1-2H3,(H,24,25). The number of likely N-dealkylation sites (tertiary alicyclic amines) is 1. The Morgan fingerprint density at radius 1 is 1.31 bits per heavy atom. The van der Waals surface area contributed by atoms with E-state index < -0.39 is 0 Å². The van der Waals surface area contributed by atoms with Crippen LogP contribution in [0.5, 0.6) is 0 Å². The van der Waals surface area contributed by atoms with E-state index >= 15 is 0 Å².